The van der Waals surface area contributed by atoms with E-state index in [1.165, 1.54) is 4.90 Å². The van der Waals surface area contributed by atoms with E-state index in [2.05, 4.69) is 4.98 Å². The fourth-order valence-electron chi connectivity index (χ4n) is 3.84. The molecule has 7 heteroatoms. The van der Waals surface area contributed by atoms with E-state index >= 15 is 0 Å². The molecule has 6 nitrogen and oxygen atoms in total. The highest BCUT2D eigenvalue weighted by Crippen LogP contribution is 2.43. The molecule has 4 rings (SSSR count). The topological polar surface area (TPSA) is 79.7 Å². The molecule has 162 valence electrons. The lowest BCUT2D eigenvalue weighted by molar-refractivity contribution is -0.132. The number of aryl methyl sites for hydroxylation is 1. The minimum absolute atomic E-state index is 0.0176. The van der Waals surface area contributed by atoms with Gasteiger partial charge in [0.25, 0.3) is 11.7 Å². The Morgan fingerprint density at radius 3 is 2.62 bits per heavy atom. The summed E-state index contributed by atoms with van der Waals surface area (Å²) in [5.74, 6) is -1.41. The number of pyridine rings is 1. The Morgan fingerprint density at radius 2 is 1.94 bits per heavy atom. The second kappa shape index (κ2) is 8.85. The van der Waals surface area contributed by atoms with Crippen molar-refractivity contribution < 1.29 is 19.4 Å². The molecule has 1 atom stereocenters. The van der Waals surface area contributed by atoms with Gasteiger partial charge in [0.2, 0.25) is 0 Å². The van der Waals surface area contributed by atoms with Gasteiger partial charge in [-0.25, -0.2) is 0 Å². The molecule has 0 radical (unpaired) electrons. The van der Waals surface area contributed by atoms with E-state index in [-0.39, 0.29) is 11.3 Å². The first-order valence-corrected chi connectivity index (χ1v) is 10.5. The average Bonchev–Trinajstić information content (AvgIpc) is 3.06. The van der Waals surface area contributed by atoms with E-state index < -0.39 is 17.7 Å². The number of carbonyl (C=O) groups excluding carboxylic acids is 2. The summed E-state index contributed by atoms with van der Waals surface area (Å²) in [5, 5.41) is 11.6. The van der Waals surface area contributed by atoms with Gasteiger partial charge in [-0.05, 0) is 55.3 Å². The smallest absolute Gasteiger partial charge is 0.300 e. The Labute approximate surface area is 190 Å². The third kappa shape index (κ3) is 3.74. The number of para-hydroxylation sites is 1. The monoisotopic (exact) mass is 448 g/mol. The number of aliphatic hydroxyl groups is 1. The van der Waals surface area contributed by atoms with Gasteiger partial charge in [-0.3, -0.25) is 19.5 Å². The van der Waals surface area contributed by atoms with Gasteiger partial charge < -0.3 is 9.84 Å². The zero-order chi connectivity index (χ0) is 22.8. The van der Waals surface area contributed by atoms with Crippen molar-refractivity contribution in [3.05, 3.63) is 94.3 Å². The van der Waals surface area contributed by atoms with Crippen LogP contribution in [0.4, 0.5) is 5.69 Å². The van der Waals surface area contributed by atoms with Crippen LogP contribution in [0.25, 0.3) is 5.76 Å². The molecule has 1 saturated heterocycles. The van der Waals surface area contributed by atoms with Crippen LogP contribution in [0.5, 0.6) is 5.75 Å². The zero-order valence-corrected chi connectivity index (χ0v) is 18.3. The predicted molar refractivity (Wildman–Crippen MR) is 123 cm³/mol. The van der Waals surface area contributed by atoms with Gasteiger partial charge in [0.15, 0.2) is 0 Å². The molecule has 2 aromatic carbocycles. The van der Waals surface area contributed by atoms with Crippen LogP contribution in [-0.2, 0) is 9.59 Å². The summed E-state index contributed by atoms with van der Waals surface area (Å²) in [5.41, 5.74) is 2.34. The molecular formula is C25H21ClN2O4. The normalized spacial score (nSPS) is 17.6. The molecule has 1 fully saturated rings. The predicted octanol–water partition coefficient (Wildman–Crippen LogP) is 5.07. The van der Waals surface area contributed by atoms with Crippen LogP contribution >= 0.6 is 11.6 Å². The number of aliphatic hydroxyl groups excluding tert-OH is 1. The van der Waals surface area contributed by atoms with Crippen molar-refractivity contribution in [3.8, 4) is 5.75 Å². The van der Waals surface area contributed by atoms with E-state index in [4.69, 9.17) is 16.3 Å². The van der Waals surface area contributed by atoms with Crippen LogP contribution in [-0.4, -0.2) is 28.4 Å². The molecule has 0 spiro atoms. The minimum Gasteiger partial charge on any atom is -0.507 e. The van der Waals surface area contributed by atoms with Gasteiger partial charge in [-0.15, -0.1) is 0 Å². The maximum absolute atomic E-state index is 13.2. The molecule has 1 unspecified atom stereocenters. The average molecular weight is 449 g/mol. The number of benzene rings is 2. The summed E-state index contributed by atoms with van der Waals surface area (Å²) in [6.07, 6.45) is 3.19. The maximum atomic E-state index is 13.2. The number of hydrogen-bond acceptors (Lipinski definition) is 5. The highest BCUT2D eigenvalue weighted by atomic mass is 35.5. The lowest BCUT2D eigenvalue weighted by Gasteiger charge is -2.26. The van der Waals surface area contributed by atoms with Gasteiger partial charge in [0.05, 0.1) is 23.2 Å². The van der Waals surface area contributed by atoms with Crippen molar-refractivity contribution in [1.29, 1.82) is 0 Å². The Morgan fingerprint density at radius 1 is 1.16 bits per heavy atom. The highest BCUT2D eigenvalue weighted by Gasteiger charge is 2.47. The van der Waals surface area contributed by atoms with Crippen molar-refractivity contribution >= 4 is 34.7 Å². The summed E-state index contributed by atoms with van der Waals surface area (Å²) in [6, 6.07) is 14.7. The third-order valence-corrected chi connectivity index (χ3v) is 5.64. The van der Waals surface area contributed by atoms with Crippen LogP contribution in [0.1, 0.15) is 29.7 Å². The van der Waals surface area contributed by atoms with Gasteiger partial charge in [-0.1, -0.05) is 35.9 Å². The number of Topliss-reactive ketones (excluding diaryl/α,β-unsaturated/α-hetero) is 1. The van der Waals surface area contributed by atoms with Crippen LogP contribution in [0.2, 0.25) is 5.02 Å². The number of aromatic nitrogens is 1. The van der Waals surface area contributed by atoms with Crippen molar-refractivity contribution in [2.75, 3.05) is 11.5 Å². The first-order valence-electron chi connectivity index (χ1n) is 10.1. The number of carbonyl (C=O) groups is 2. The fraction of sp³-hybridized carbons (Fsp3) is 0.160. The zero-order valence-electron chi connectivity index (χ0n) is 17.6. The van der Waals surface area contributed by atoms with Gasteiger partial charge in [0.1, 0.15) is 11.5 Å². The van der Waals surface area contributed by atoms with Crippen molar-refractivity contribution in [2.45, 2.75) is 19.9 Å². The van der Waals surface area contributed by atoms with E-state index in [0.29, 0.717) is 34.2 Å². The molecule has 1 amide bonds. The van der Waals surface area contributed by atoms with E-state index in [1.807, 2.05) is 26.0 Å². The first-order chi connectivity index (χ1) is 15.4. The van der Waals surface area contributed by atoms with Crippen LogP contribution < -0.4 is 9.64 Å². The Bertz CT molecular complexity index is 1220. The number of rotatable bonds is 5. The summed E-state index contributed by atoms with van der Waals surface area (Å²) in [4.78, 5) is 31.9. The summed E-state index contributed by atoms with van der Waals surface area (Å²) < 4.78 is 5.52. The van der Waals surface area contributed by atoms with Crippen molar-refractivity contribution in [3.63, 3.8) is 0 Å². The number of halogens is 1. The number of ketones is 1. The number of anilines is 1. The van der Waals surface area contributed by atoms with Crippen LogP contribution in [0.3, 0.4) is 0 Å². The van der Waals surface area contributed by atoms with Gasteiger partial charge in [0, 0.05) is 23.6 Å². The SMILES string of the molecule is CCOc1cc(/C(O)=C2/C(=O)C(=O)N(c3ccccc3C)C2c2cccnc2)ccc1Cl. The van der Waals surface area contributed by atoms with Crippen molar-refractivity contribution in [2.24, 2.45) is 0 Å². The molecule has 0 saturated carbocycles. The minimum atomic E-state index is -0.837. The second-order valence-electron chi connectivity index (χ2n) is 7.32. The molecule has 0 bridgehead atoms. The fourth-order valence-corrected chi connectivity index (χ4v) is 4.01. The van der Waals surface area contributed by atoms with Gasteiger partial charge >= 0.3 is 0 Å². The standard InChI is InChI=1S/C25H21ClN2O4/c1-3-32-20-13-16(10-11-18(20)26)23(29)21-22(17-8-6-12-27-14-17)28(25(31)24(21)30)19-9-5-4-7-15(19)2/h4-14,22,29H,3H2,1-2H3/b23-21-. The molecular weight excluding hydrogens is 428 g/mol. The lowest BCUT2D eigenvalue weighted by Crippen LogP contribution is -2.30. The molecule has 1 N–H and O–H groups in total. The van der Waals surface area contributed by atoms with E-state index in [0.717, 1.165) is 5.56 Å². The largest absolute Gasteiger partial charge is 0.507 e. The van der Waals surface area contributed by atoms with E-state index in [9.17, 15) is 14.7 Å². The number of ether oxygens (including phenoxy) is 1. The van der Waals surface area contributed by atoms with Gasteiger partial charge in [-0.2, -0.15) is 0 Å². The van der Waals surface area contributed by atoms with E-state index in [1.54, 1.807) is 54.9 Å². The third-order valence-electron chi connectivity index (χ3n) is 5.32. The molecule has 2 heterocycles. The first kappa shape index (κ1) is 21.6. The summed E-state index contributed by atoms with van der Waals surface area (Å²) in [6.45, 7) is 4.07. The molecule has 1 aromatic heterocycles. The number of amides is 1. The Balaban J connectivity index is 1.94. The molecule has 1 aliphatic rings. The highest BCUT2D eigenvalue weighted by molar-refractivity contribution is 6.51. The molecule has 3 aromatic rings. The van der Waals surface area contributed by atoms with Crippen molar-refractivity contribution in [1.82, 2.24) is 4.98 Å². The maximum Gasteiger partial charge on any atom is 0.300 e. The molecule has 1 aliphatic heterocycles. The second-order valence-corrected chi connectivity index (χ2v) is 7.73. The number of nitrogens with zero attached hydrogens (tertiary/aromatic N) is 2. The summed E-state index contributed by atoms with van der Waals surface area (Å²) >= 11 is 6.18. The van der Waals surface area contributed by atoms with Crippen LogP contribution in [0.15, 0.2) is 72.6 Å². The quantitative estimate of drug-likeness (QED) is 0.335. The Kier molecular flexibility index (Phi) is 5.97. The number of hydrogen-bond donors (Lipinski definition) is 1. The molecule has 32 heavy (non-hydrogen) atoms. The Hall–Kier alpha value is -3.64. The molecule has 0 aliphatic carbocycles. The van der Waals surface area contributed by atoms with Crippen LogP contribution in [0, 0.1) is 6.92 Å². The summed E-state index contributed by atoms with van der Waals surface area (Å²) in [7, 11) is 0. The lowest BCUT2D eigenvalue weighted by atomic mass is 9.96.